The van der Waals surface area contributed by atoms with Gasteiger partial charge in [0, 0.05) is 10.7 Å². The van der Waals surface area contributed by atoms with Gasteiger partial charge in [-0.3, -0.25) is 9.10 Å². The lowest BCUT2D eigenvalue weighted by molar-refractivity contribution is -0.116. The lowest BCUT2D eigenvalue weighted by Gasteiger charge is -2.29. The summed E-state index contributed by atoms with van der Waals surface area (Å²) in [6.07, 6.45) is 1.00. The van der Waals surface area contributed by atoms with Crippen LogP contribution >= 0.6 is 23.2 Å². The van der Waals surface area contributed by atoms with Gasteiger partial charge in [-0.1, -0.05) is 23.2 Å². The molecule has 0 saturated carbocycles. The van der Waals surface area contributed by atoms with Gasteiger partial charge < -0.3 is 10.1 Å². The molecule has 2 rings (SSSR count). The number of hydrogen-bond acceptors (Lipinski definition) is 4. The van der Waals surface area contributed by atoms with Crippen LogP contribution in [0.3, 0.4) is 0 Å². The Kier molecular flexibility index (Phi) is 6.97. The summed E-state index contributed by atoms with van der Waals surface area (Å²) >= 11 is 12.1. The SMILES string of the molecule is CCOc1ccc(NC(=O)[C@H](C)N(c2cc(Cl)ccc2Cl)S(C)(=O)=O)cc1. The lowest BCUT2D eigenvalue weighted by Crippen LogP contribution is -2.45. The topological polar surface area (TPSA) is 75.7 Å². The molecule has 9 heteroatoms. The van der Waals surface area contributed by atoms with Crippen LogP contribution in [0.2, 0.25) is 10.0 Å². The number of ether oxygens (including phenoxy) is 1. The smallest absolute Gasteiger partial charge is 0.247 e. The zero-order chi connectivity index (χ0) is 20.2. The Morgan fingerprint density at radius 1 is 1.19 bits per heavy atom. The number of carbonyl (C=O) groups is 1. The first-order valence-electron chi connectivity index (χ1n) is 8.11. The molecule has 0 aliphatic carbocycles. The second kappa shape index (κ2) is 8.82. The van der Waals surface area contributed by atoms with E-state index in [0.29, 0.717) is 23.1 Å². The number of nitrogens with zero attached hydrogens (tertiary/aromatic N) is 1. The molecule has 1 amide bonds. The number of halogens is 2. The number of sulfonamides is 1. The maximum Gasteiger partial charge on any atom is 0.247 e. The Labute approximate surface area is 169 Å². The van der Waals surface area contributed by atoms with E-state index in [0.717, 1.165) is 10.6 Å². The van der Waals surface area contributed by atoms with Crippen molar-refractivity contribution in [1.29, 1.82) is 0 Å². The Balaban J connectivity index is 2.28. The van der Waals surface area contributed by atoms with E-state index in [-0.39, 0.29) is 10.7 Å². The minimum atomic E-state index is -3.80. The summed E-state index contributed by atoms with van der Waals surface area (Å²) in [6, 6.07) is 10.2. The van der Waals surface area contributed by atoms with E-state index in [4.69, 9.17) is 27.9 Å². The third kappa shape index (κ3) is 5.51. The molecule has 0 aliphatic heterocycles. The number of benzene rings is 2. The van der Waals surface area contributed by atoms with E-state index in [1.807, 2.05) is 6.92 Å². The molecule has 0 aliphatic rings. The maximum absolute atomic E-state index is 12.7. The van der Waals surface area contributed by atoms with Gasteiger partial charge >= 0.3 is 0 Å². The van der Waals surface area contributed by atoms with Crippen molar-refractivity contribution in [3.63, 3.8) is 0 Å². The molecule has 0 unspecified atom stereocenters. The van der Waals surface area contributed by atoms with Crippen LogP contribution < -0.4 is 14.4 Å². The molecule has 0 fully saturated rings. The molecule has 146 valence electrons. The molecule has 2 aromatic rings. The number of nitrogens with one attached hydrogen (secondary N) is 1. The van der Waals surface area contributed by atoms with Gasteiger partial charge in [-0.2, -0.15) is 0 Å². The largest absolute Gasteiger partial charge is 0.494 e. The van der Waals surface area contributed by atoms with Crippen LogP contribution in [0.4, 0.5) is 11.4 Å². The Hall–Kier alpha value is -1.96. The third-order valence-corrected chi connectivity index (χ3v) is 5.45. The number of anilines is 2. The highest BCUT2D eigenvalue weighted by Gasteiger charge is 2.30. The van der Waals surface area contributed by atoms with Crippen molar-refractivity contribution in [2.24, 2.45) is 0 Å². The van der Waals surface area contributed by atoms with Crippen molar-refractivity contribution in [2.75, 3.05) is 22.5 Å². The summed E-state index contributed by atoms with van der Waals surface area (Å²) in [7, 11) is -3.80. The van der Waals surface area contributed by atoms with Gasteiger partial charge in [-0.25, -0.2) is 8.42 Å². The van der Waals surface area contributed by atoms with Crippen LogP contribution in [-0.2, 0) is 14.8 Å². The lowest BCUT2D eigenvalue weighted by atomic mass is 10.2. The molecule has 27 heavy (non-hydrogen) atoms. The summed E-state index contributed by atoms with van der Waals surface area (Å²) in [4.78, 5) is 12.7. The second-order valence-electron chi connectivity index (χ2n) is 5.78. The molecule has 1 atom stereocenters. The maximum atomic E-state index is 12.7. The van der Waals surface area contributed by atoms with Crippen LogP contribution in [0, 0.1) is 0 Å². The Bertz CT molecular complexity index is 917. The molecule has 6 nitrogen and oxygen atoms in total. The highest BCUT2D eigenvalue weighted by Crippen LogP contribution is 2.32. The van der Waals surface area contributed by atoms with Crippen LogP contribution in [0.5, 0.6) is 5.75 Å². The van der Waals surface area contributed by atoms with Crippen LogP contribution in [0.1, 0.15) is 13.8 Å². The molecule has 0 heterocycles. The Morgan fingerprint density at radius 2 is 1.81 bits per heavy atom. The first kappa shape index (κ1) is 21.3. The average molecular weight is 431 g/mol. The molecule has 2 aromatic carbocycles. The van der Waals surface area contributed by atoms with E-state index in [2.05, 4.69) is 5.32 Å². The zero-order valence-electron chi connectivity index (χ0n) is 15.1. The molecular weight excluding hydrogens is 411 g/mol. The fraction of sp³-hybridized carbons (Fsp3) is 0.278. The minimum Gasteiger partial charge on any atom is -0.494 e. The van der Waals surface area contributed by atoms with Gasteiger partial charge in [-0.05, 0) is 56.3 Å². The van der Waals surface area contributed by atoms with Gasteiger partial charge in [0.25, 0.3) is 0 Å². The quantitative estimate of drug-likeness (QED) is 0.714. The highest BCUT2D eigenvalue weighted by atomic mass is 35.5. The van der Waals surface area contributed by atoms with Crippen molar-refractivity contribution < 1.29 is 17.9 Å². The fourth-order valence-corrected chi connectivity index (χ4v) is 4.09. The predicted octanol–water partition coefficient (Wildman–Crippen LogP) is 4.19. The van der Waals surface area contributed by atoms with Crippen LogP contribution in [-0.4, -0.2) is 33.2 Å². The average Bonchev–Trinajstić information content (AvgIpc) is 2.59. The Morgan fingerprint density at radius 3 is 2.37 bits per heavy atom. The molecule has 1 N–H and O–H groups in total. The highest BCUT2D eigenvalue weighted by molar-refractivity contribution is 7.92. The molecular formula is C18H20Cl2N2O4S. The third-order valence-electron chi connectivity index (χ3n) is 3.67. The molecule has 0 radical (unpaired) electrons. The van der Waals surface area contributed by atoms with Gasteiger partial charge in [-0.15, -0.1) is 0 Å². The van der Waals surface area contributed by atoms with Gasteiger partial charge in [0.2, 0.25) is 15.9 Å². The first-order chi connectivity index (χ1) is 12.6. The molecule has 0 bridgehead atoms. The van der Waals surface area contributed by atoms with Crippen molar-refractivity contribution >= 4 is 50.5 Å². The summed E-state index contributed by atoms with van der Waals surface area (Å²) in [5, 5.41) is 3.17. The monoisotopic (exact) mass is 430 g/mol. The summed E-state index contributed by atoms with van der Waals surface area (Å²) in [6.45, 7) is 3.88. The standard InChI is InChI=1S/C18H20Cl2N2O4S/c1-4-26-15-8-6-14(7-9-15)21-18(23)12(2)22(27(3,24)25)17-11-13(19)5-10-16(17)20/h5-12H,4H2,1-3H3,(H,21,23)/t12-/m0/s1. The minimum absolute atomic E-state index is 0.140. The van der Waals surface area contributed by atoms with Crippen molar-refractivity contribution in [3.8, 4) is 5.75 Å². The van der Waals surface area contributed by atoms with Crippen LogP contribution in [0.25, 0.3) is 0 Å². The number of amides is 1. The summed E-state index contributed by atoms with van der Waals surface area (Å²) < 4.78 is 31.0. The zero-order valence-corrected chi connectivity index (χ0v) is 17.4. The molecule has 0 aromatic heterocycles. The number of hydrogen-bond donors (Lipinski definition) is 1. The van der Waals surface area contributed by atoms with E-state index in [1.54, 1.807) is 30.3 Å². The van der Waals surface area contributed by atoms with Crippen molar-refractivity contribution in [3.05, 3.63) is 52.5 Å². The summed E-state index contributed by atoms with van der Waals surface area (Å²) in [5.74, 6) is 0.160. The van der Waals surface area contributed by atoms with Gasteiger partial charge in [0.05, 0.1) is 23.6 Å². The normalized spacial score (nSPS) is 12.3. The van der Waals surface area contributed by atoms with E-state index in [1.165, 1.54) is 19.1 Å². The number of rotatable bonds is 7. The first-order valence-corrected chi connectivity index (χ1v) is 10.7. The fourth-order valence-electron chi connectivity index (χ4n) is 2.48. The van der Waals surface area contributed by atoms with Gasteiger partial charge in [0.15, 0.2) is 0 Å². The second-order valence-corrected chi connectivity index (χ2v) is 8.48. The predicted molar refractivity (Wildman–Crippen MR) is 109 cm³/mol. The van der Waals surface area contributed by atoms with E-state index in [9.17, 15) is 13.2 Å². The van der Waals surface area contributed by atoms with E-state index >= 15 is 0 Å². The molecule has 0 saturated heterocycles. The van der Waals surface area contributed by atoms with Crippen molar-refractivity contribution in [2.45, 2.75) is 19.9 Å². The number of carbonyl (C=O) groups excluding carboxylic acids is 1. The van der Waals surface area contributed by atoms with Crippen molar-refractivity contribution in [1.82, 2.24) is 0 Å². The van der Waals surface area contributed by atoms with Crippen LogP contribution in [0.15, 0.2) is 42.5 Å². The van der Waals surface area contributed by atoms with Gasteiger partial charge in [0.1, 0.15) is 11.8 Å². The molecule has 0 spiro atoms. The summed E-state index contributed by atoms with van der Waals surface area (Å²) in [5.41, 5.74) is 0.655. The van der Waals surface area contributed by atoms with E-state index < -0.39 is 22.0 Å².